The van der Waals surface area contributed by atoms with Crippen molar-refractivity contribution in [3.63, 3.8) is 0 Å². The van der Waals surface area contributed by atoms with Crippen molar-refractivity contribution in [2.75, 3.05) is 0 Å². The van der Waals surface area contributed by atoms with Crippen LogP contribution in [-0.4, -0.2) is 9.38 Å². The third-order valence-electron chi connectivity index (χ3n) is 4.50. The summed E-state index contributed by atoms with van der Waals surface area (Å²) < 4.78 is 14.8. The average Bonchev–Trinajstić information content (AvgIpc) is 2.56. The van der Waals surface area contributed by atoms with Gasteiger partial charge in [0.1, 0.15) is 11.5 Å². The number of halogens is 1. The Hall–Kier alpha value is -2.53. The van der Waals surface area contributed by atoms with E-state index in [1.54, 1.807) is 28.8 Å². The zero-order chi connectivity index (χ0) is 18.9. The van der Waals surface area contributed by atoms with Gasteiger partial charge in [-0.1, -0.05) is 39.0 Å². The first-order chi connectivity index (χ1) is 12.3. The Labute approximate surface area is 152 Å². The second-order valence-corrected chi connectivity index (χ2v) is 7.70. The topological polar surface area (TPSA) is 46.4 Å². The SMILES string of the molecule is Cc1cccn2c(=O)cc(CN[C@H](c3ccc(F)cc3)C(C)(C)C)nc12. The number of fused-ring (bicyclic) bond motifs is 1. The number of aromatic nitrogens is 2. The molecule has 1 atom stereocenters. The van der Waals surface area contributed by atoms with Crippen molar-refractivity contribution in [2.24, 2.45) is 5.41 Å². The lowest BCUT2D eigenvalue weighted by Crippen LogP contribution is -2.32. The minimum Gasteiger partial charge on any atom is -0.304 e. The Bertz CT molecular complexity index is 971. The maximum Gasteiger partial charge on any atom is 0.258 e. The Kier molecular flexibility index (Phi) is 4.92. The summed E-state index contributed by atoms with van der Waals surface area (Å²) in [7, 11) is 0. The van der Waals surface area contributed by atoms with E-state index in [0.29, 0.717) is 17.9 Å². The van der Waals surface area contributed by atoms with Crippen molar-refractivity contribution >= 4 is 5.65 Å². The van der Waals surface area contributed by atoms with E-state index in [0.717, 1.165) is 11.1 Å². The first-order valence-corrected chi connectivity index (χ1v) is 8.72. The third-order valence-corrected chi connectivity index (χ3v) is 4.50. The minimum atomic E-state index is -0.249. The molecule has 4 nitrogen and oxygen atoms in total. The quantitative estimate of drug-likeness (QED) is 0.771. The highest BCUT2D eigenvalue weighted by Crippen LogP contribution is 2.33. The van der Waals surface area contributed by atoms with Crippen LogP contribution >= 0.6 is 0 Å². The van der Waals surface area contributed by atoms with Crippen molar-refractivity contribution < 1.29 is 4.39 Å². The summed E-state index contributed by atoms with van der Waals surface area (Å²) in [5.41, 5.74) is 3.15. The van der Waals surface area contributed by atoms with Crippen LogP contribution in [0.1, 0.15) is 43.6 Å². The molecule has 2 aromatic heterocycles. The molecule has 2 heterocycles. The van der Waals surface area contributed by atoms with Crippen molar-refractivity contribution in [2.45, 2.75) is 40.3 Å². The number of benzene rings is 1. The van der Waals surface area contributed by atoms with Crippen LogP contribution in [0.25, 0.3) is 5.65 Å². The summed E-state index contributed by atoms with van der Waals surface area (Å²) in [6, 6.07) is 11.9. The van der Waals surface area contributed by atoms with Crippen molar-refractivity contribution in [1.29, 1.82) is 0 Å². The van der Waals surface area contributed by atoms with Gasteiger partial charge in [0, 0.05) is 24.8 Å². The standard InChI is InChI=1S/C21H24FN3O/c1-14-6-5-11-25-18(26)12-17(24-20(14)25)13-23-19(21(2,3)4)15-7-9-16(22)10-8-15/h5-12,19,23H,13H2,1-4H3/t19-/m1/s1. The van der Waals surface area contributed by atoms with Crippen LogP contribution in [0.2, 0.25) is 0 Å². The van der Waals surface area contributed by atoms with Crippen molar-refractivity contribution in [3.8, 4) is 0 Å². The van der Waals surface area contributed by atoms with Crippen LogP contribution in [0.4, 0.5) is 4.39 Å². The molecule has 26 heavy (non-hydrogen) atoms. The number of rotatable bonds is 4. The van der Waals surface area contributed by atoms with Crippen LogP contribution < -0.4 is 10.9 Å². The number of hydrogen-bond donors (Lipinski definition) is 1. The predicted molar refractivity (Wildman–Crippen MR) is 102 cm³/mol. The van der Waals surface area contributed by atoms with Crippen molar-refractivity contribution in [3.05, 3.63) is 81.7 Å². The molecule has 0 spiro atoms. The highest BCUT2D eigenvalue weighted by molar-refractivity contribution is 5.46. The van der Waals surface area contributed by atoms with Gasteiger partial charge in [0.05, 0.1) is 5.69 Å². The molecule has 0 radical (unpaired) electrons. The molecule has 1 aromatic carbocycles. The van der Waals surface area contributed by atoms with E-state index >= 15 is 0 Å². The second-order valence-electron chi connectivity index (χ2n) is 7.70. The van der Waals surface area contributed by atoms with E-state index in [4.69, 9.17) is 0 Å². The number of nitrogens with zero attached hydrogens (tertiary/aromatic N) is 2. The van der Waals surface area contributed by atoms with Gasteiger partial charge in [-0.05, 0) is 41.7 Å². The largest absolute Gasteiger partial charge is 0.304 e. The Morgan fingerprint density at radius 1 is 1.19 bits per heavy atom. The molecule has 1 N–H and O–H groups in total. The van der Waals surface area contributed by atoms with Crippen LogP contribution in [-0.2, 0) is 6.54 Å². The van der Waals surface area contributed by atoms with Crippen LogP contribution in [0, 0.1) is 18.2 Å². The highest BCUT2D eigenvalue weighted by atomic mass is 19.1. The van der Waals surface area contributed by atoms with Gasteiger partial charge in [0.15, 0.2) is 0 Å². The number of aryl methyl sites for hydroxylation is 1. The lowest BCUT2D eigenvalue weighted by molar-refractivity contribution is 0.270. The van der Waals surface area contributed by atoms with Crippen molar-refractivity contribution in [1.82, 2.24) is 14.7 Å². The van der Waals surface area contributed by atoms with E-state index in [1.807, 2.05) is 19.1 Å². The molecule has 0 amide bonds. The lowest BCUT2D eigenvalue weighted by atomic mass is 9.82. The van der Waals surface area contributed by atoms with E-state index in [2.05, 4.69) is 31.1 Å². The number of nitrogens with one attached hydrogen (secondary N) is 1. The fraction of sp³-hybridized carbons (Fsp3) is 0.333. The fourth-order valence-corrected chi connectivity index (χ4v) is 3.19. The Morgan fingerprint density at radius 3 is 2.54 bits per heavy atom. The van der Waals surface area contributed by atoms with Gasteiger partial charge in [0.25, 0.3) is 5.56 Å². The van der Waals surface area contributed by atoms with E-state index < -0.39 is 0 Å². The van der Waals surface area contributed by atoms with Gasteiger partial charge in [-0.2, -0.15) is 0 Å². The van der Waals surface area contributed by atoms with E-state index in [-0.39, 0.29) is 22.8 Å². The van der Waals surface area contributed by atoms with Gasteiger partial charge in [-0.25, -0.2) is 9.37 Å². The number of hydrogen-bond acceptors (Lipinski definition) is 3. The summed E-state index contributed by atoms with van der Waals surface area (Å²) in [5.74, 6) is -0.249. The maximum atomic E-state index is 13.3. The first kappa shape index (κ1) is 18.3. The molecule has 136 valence electrons. The van der Waals surface area contributed by atoms with Crippen LogP contribution in [0.5, 0.6) is 0 Å². The van der Waals surface area contributed by atoms with Gasteiger partial charge in [-0.3, -0.25) is 9.20 Å². The predicted octanol–water partition coefficient (Wildman–Crippen LogP) is 4.02. The van der Waals surface area contributed by atoms with Crippen LogP contribution in [0.15, 0.2) is 53.5 Å². The molecule has 0 saturated heterocycles. The summed E-state index contributed by atoms with van der Waals surface area (Å²) in [5, 5.41) is 3.49. The van der Waals surface area contributed by atoms with Crippen LogP contribution in [0.3, 0.4) is 0 Å². The minimum absolute atomic E-state index is 0.000206. The molecule has 5 heteroatoms. The Balaban J connectivity index is 1.90. The zero-order valence-electron chi connectivity index (χ0n) is 15.6. The molecule has 0 saturated carbocycles. The average molecular weight is 353 g/mol. The molecule has 3 rings (SSSR count). The molecule has 0 aliphatic rings. The zero-order valence-corrected chi connectivity index (χ0v) is 15.6. The summed E-state index contributed by atoms with van der Waals surface area (Å²) in [6.07, 6.45) is 1.73. The molecular formula is C21H24FN3O. The molecule has 0 fully saturated rings. The van der Waals surface area contributed by atoms with Gasteiger partial charge >= 0.3 is 0 Å². The fourth-order valence-electron chi connectivity index (χ4n) is 3.19. The normalized spacial score (nSPS) is 13.1. The first-order valence-electron chi connectivity index (χ1n) is 8.72. The van der Waals surface area contributed by atoms with Gasteiger partial charge in [0.2, 0.25) is 0 Å². The smallest absolute Gasteiger partial charge is 0.258 e. The van der Waals surface area contributed by atoms with E-state index in [9.17, 15) is 9.18 Å². The summed E-state index contributed by atoms with van der Waals surface area (Å²) >= 11 is 0. The molecule has 0 bridgehead atoms. The number of pyridine rings is 1. The summed E-state index contributed by atoms with van der Waals surface area (Å²) in [6.45, 7) is 8.78. The maximum absolute atomic E-state index is 13.3. The molecule has 0 unspecified atom stereocenters. The van der Waals surface area contributed by atoms with Gasteiger partial charge in [-0.15, -0.1) is 0 Å². The molecular weight excluding hydrogens is 329 g/mol. The van der Waals surface area contributed by atoms with E-state index in [1.165, 1.54) is 12.1 Å². The highest BCUT2D eigenvalue weighted by Gasteiger charge is 2.26. The Morgan fingerprint density at radius 2 is 1.88 bits per heavy atom. The summed E-state index contributed by atoms with van der Waals surface area (Å²) in [4.78, 5) is 17.0. The monoisotopic (exact) mass is 353 g/mol. The molecule has 0 aliphatic heterocycles. The third kappa shape index (κ3) is 3.83. The lowest BCUT2D eigenvalue weighted by Gasteiger charge is -2.32. The molecule has 0 aliphatic carbocycles. The van der Waals surface area contributed by atoms with Gasteiger partial charge < -0.3 is 5.32 Å². The molecule has 3 aromatic rings. The second kappa shape index (κ2) is 7.00.